The van der Waals surface area contributed by atoms with Crippen molar-refractivity contribution >= 4 is 35.9 Å². The molecule has 1 aromatic heterocycles. The summed E-state index contributed by atoms with van der Waals surface area (Å²) in [4.78, 5) is 22.6. The van der Waals surface area contributed by atoms with Crippen LogP contribution in [0.25, 0.3) is 0 Å². The van der Waals surface area contributed by atoms with Gasteiger partial charge in [-0.3, -0.25) is 9.79 Å². The van der Waals surface area contributed by atoms with Crippen LogP contribution >= 0.6 is 24.0 Å². The van der Waals surface area contributed by atoms with Crippen LogP contribution in [0.3, 0.4) is 0 Å². The van der Waals surface area contributed by atoms with Crippen LogP contribution in [0, 0.1) is 11.8 Å². The van der Waals surface area contributed by atoms with Gasteiger partial charge in [-0.25, -0.2) is 4.98 Å². The summed E-state index contributed by atoms with van der Waals surface area (Å²) in [5.74, 6) is 0.914. The molecule has 1 fully saturated rings. The Hall–Kier alpha value is -1.32. The number of carbonyl (C=O) groups is 1. The first-order valence-corrected chi connectivity index (χ1v) is 7.72. The van der Waals surface area contributed by atoms with Crippen molar-refractivity contribution in [2.75, 3.05) is 33.3 Å². The highest BCUT2D eigenvalue weighted by Gasteiger charge is 2.36. The fourth-order valence-electron chi connectivity index (χ4n) is 2.71. The van der Waals surface area contributed by atoms with Crippen LogP contribution in [0.1, 0.15) is 13.8 Å². The quantitative estimate of drug-likeness (QED) is 0.326. The van der Waals surface area contributed by atoms with Crippen LogP contribution in [0.4, 0.5) is 0 Å². The molecule has 2 atom stereocenters. The molecule has 0 spiro atoms. The SMILES string of the molecule is CCNC(=NCCn1ccnc1)N1CC(C)C(C(=O)OC)C1.I. The third-order valence-electron chi connectivity index (χ3n) is 3.93. The molecule has 23 heavy (non-hydrogen) atoms. The lowest BCUT2D eigenvalue weighted by Gasteiger charge is -2.21. The average molecular weight is 435 g/mol. The maximum Gasteiger partial charge on any atom is 0.310 e. The topological polar surface area (TPSA) is 71.8 Å². The lowest BCUT2D eigenvalue weighted by atomic mass is 9.99. The number of rotatable bonds is 5. The van der Waals surface area contributed by atoms with Crippen LogP contribution in [0.15, 0.2) is 23.7 Å². The molecule has 0 amide bonds. The molecule has 0 aliphatic carbocycles. The summed E-state index contributed by atoms with van der Waals surface area (Å²) in [5, 5.41) is 3.30. The number of ether oxygens (including phenoxy) is 1. The normalized spacial score (nSPS) is 21.0. The summed E-state index contributed by atoms with van der Waals surface area (Å²) in [6, 6.07) is 0. The zero-order valence-corrected chi connectivity index (χ0v) is 16.3. The zero-order chi connectivity index (χ0) is 15.9. The van der Waals surface area contributed by atoms with E-state index in [0.717, 1.165) is 25.6 Å². The number of guanidine groups is 1. The van der Waals surface area contributed by atoms with E-state index in [-0.39, 0.29) is 41.8 Å². The Bertz CT molecular complexity index is 506. The van der Waals surface area contributed by atoms with Crippen LogP contribution in [0.5, 0.6) is 0 Å². The molecule has 0 bridgehead atoms. The van der Waals surface area contributed by atoms with Crippen LogP contribution < -0.4 is 5.32 Å². The Balaban J connectivity index is 0.00000264. The van der Waals surface area contributed by atoms with Gasteiger partial charge in [-0.1, -0.05) is 6.92 Å². The van der Waals surface area contributed by atoms with Gasteiger partial charge >= 0.3 is 5.97 Å². The van der Waals surface area contributed by atoms with E-state index < -0.39 is 0 Å². The number of hydrogen-bond acceptors (Lipinski definition) is 4. The lowest BCUT2D eigenvalue weighted by Crippen LogP contribution is -2.40. The van der Waals surface area contributed by atoms with Gasteiger partial charge in [-0.2, -0.15) is 0 Å². The van der Waals surface area contributed by atoms with E-state index in [1.54, 1.807) is 12.5 Å². The Morgan fingerprint density at radius 2 is 2.26 bits per heavy atom. The molecule has 1 aromatic rings. The number of aromatic nitrogens is 2. The van der Waals surface area contributed by atoms with Gasteiger partial charge in [0.15, 0.2) is 5.96 Å². The summed E-state index contributed by atoms with van der Waals surface area (Å²) in [5.41, 5.74) is 0. The number of carbonyl (C=O) groups excluding carboxylic acids is 1. The number of halogens is 1. The van der Waals surface area contributed by atoms with Gasteiger partial charge in [0, 0.05) is 38.6 Å². The highest BCUT2D eigenvalue weighted by atomic mass is 127. The number of hydrogen-bond donors (Lipinski definition) is 1. The number of likely N-dealkylation sites (tertiary alicyclic amines) is 1. The van der Waals surface area contributed by atoms with Gasteiger partial charge in [0.1, 0.15) is 0 Å². The van der Waals surface area contributed by atoms with Crippen molar-refractivity contribution < 1.29 is 9.53 Å². The Labute approximate surface area is 154 Å². The van der Waals surface area contributed by atoms with Crippen LogP contribution in [0.2, 0.25) is 0 Å². The lowest BCUT2D eigenvalue weighted by molar-refractivity contribution is -0.145. The minimum absolute atomic E-state index is 0. The Morgan fingerprint density at radius 3 is 2.87 bits per heavy atom. The van der Waals surface area contributed by atoms with Gasteiger partial charge in [0.25, 0.3) is 0 Å². The molecule has 0 saturated carbocycles. The van der Waals surface area contributed by atoms with Crippen molar-refractivity contribution in [2.45, 2.75) is 20.4 Å². The zero-order valence-electron chi connectivity index (χ0n) is 13.9. The predicted molar refractivity (Wildman–Crippen MR) is 99.9 cm³/mol. The number of methoxy groups -OCH3 is 1. The van der Waals surface area contributed by atoms with E-state index in [1.807, 2.05) is 17.7 Å². The second-order valence-electron chi connectivity index (χ2n) is 5.55. The average Bonchev–Trinajstić information content (AvgIpc) is 3.15. The standard InChI is InChI=1S/C15H25N5O2.HI/c1-4-17-15(18-6-8-19-7-5-16-11-19)20-9-12(2)13(10-20)14(21)22-3;/h5,7,11-13H,4,6,8-10H2,1-3H3,(H,17,18);1H. The van der Waals surface area contributed by atoms with Crippen molar-refractivity contribution in [3.63, 3.8) is 0 Å². The molecule has 2 unspecified atom stereocenters. The highest BCUT2D eigenvalue weighted by molar-refractivity contribution is 14.0. The van der Waals surface area contributed by atoms with E-state index in [1.165, 1.54) is 7.11 Å². The first-order valence-electron chi connectivity index (χ1n) is 7.72. The molecular weight excluding hydrogens is 409 g/mol. The second-order valence-corrected chi connectivity index (χ2v) is 5.55. The van der Waals surface area contributed by atoms with Crippen molar-refractivity contribution in [2.24, 2.45) is 16.8 Å². The monoisotopic (exact) mass is 435 g/mol. The molecule has 2 heterocycles. The maximum atomic E-state index is 11.8. The Morgan fingerprint density at radius 1 is 1.48 bits per heavy atom. The van der Waals surface area contributed by atoms with Crippen LogP contribution in [-0.4, -0.2) is 59.7 Å². The number of imidazole rings is 1. The summed E-state index contributed by atoms with van der Waals surface area (Å²) in [7, 11) is 1.45. The minimum Gasteiger partial charge on any atom is -0.469 e. The van der Waals surface area contributed by atoms with Gasteiger partial charge in [-0.15, -0.1) is 24.0 Å². The summed E-state index contributed by atoms with van der Waals surface area (Å²) in [6.07, 6.45) is 5.47. The minimum atomic E-state index is -0.135. The number of esters is 1. The van der Waals surface area contributed by atoms with E-state index >= 15 is 0 Å². The van der Waals surface area contributed by atoms with Crippen molar-refractivity contribution in [3.05, 3.63) is 18.7 Å². The van der Waals surface area contributed by atoms with E-state index in [9.17, 15) is 4.79 Å². The smallest absolute Gasteiger partial charge is 0.310 e. The van der Waals surface area contributed by atoms with E-state index in [4.69, 9.17) is 4.74 Å². The van der Waals surface area contributed by atoms with E-state index in [2.05, 4.69) is 27.1 Å². The third-order valence-corrected chi connectivity index (χ3v) is 3.93. The molecule has 8 heteroatoms. The fourth-order valence-corrected chi connectivity index (χ4v) is 2.71. The second kappa shape index (κ2) is 9.74. The van der Waals surface area contributed by atoms with Gasteiger partial charge in [-0.05, 0) is 12.8 Å². The summed E-state index contributed by atoms with van der Waals surface area (Å²) in [6.45, 7) is 7.86. The highest BCUT2D eigenvalue weighted by Crippen LogP contribution is 2.24. The molecule has 0 radical (unpaired) electrons. The van der Waals surface area contributed by atoms with Crippen molar-refractivity contribution in [3.8, 4) is 0 Å². The molecule has 0 aromatic carbocycles. The van der Waals surface area contributed by atoms with Gasteiger partial charge < -0.3 is 19.5 Å². The molecule has 1 N–H and O–H groups in total. The van der Waals surface area contributed by atoms with Crippen molar-refractivity contribution in [1.29, 1.82) is 0 Å². The van der Waals surface area contributed by atoms with Gasteiger partial charge in [0.2, 0.25) is 0 Å². The maximum absolute atomic E-state index is 11.8. The van der Waals surface area contributed by atoms with Gasteiger partial charge in [0.05, 0.1) is 25.9 Å². The largest absolute Gasteiger partial charge is 0.469 e. The number of nitrogens with zero attached hydrogens (tertiary/aromatic N) is 4. The first-order chi connectivity index (χ1) is 10.7. The number of aliphatic imine (C=N–C) groups is 1. The molecule has 7 nitrogen and oxygen atoms in total. The molecule has 1 saturated heterocycles. The molecule has 2 rings (SSSR count). The van der Waals surface area contributed by atoms with Crippen molar-refractivity contribution in [1.82, 2.24) is 19.8 Å². The molecule has 130 valence electrons. The van der Waals surface area contributed by atoms with Crippen LogP contribution in [-0.2, 0) is 16.1 Å². The summed E-state index contributed by atoms with van der Waals surface area (Å²) >= 11 is 0. The predicted octanol–water partition coefficient (Wildman–Crippen LogP) is 1.21. The fraction of sp³-hybridized carbons (Fsp3) is 0.667. The third kappa shape index (κ3) is 5.36. The number of nitrogens with one attached hydrogen (secondary N) is 1. The molecule has 1 aliphatic rings. The molecule has 1 aliphatic heterocycles. The molecular formula is C15H26IN5O2. The first kappa shape index (κ1) is 19.7. The Kier molecular flexibility index (Phi) is 8.35. The van der Waals surface area contributed by atoms with E-state index in [0.29, 0.717) is 13.1 Å². The summed E-state index contributed by atoms with van der Waals surface area (Å²) < 4.78 is 6.88.